The molecule has 10 heteroatoms. The van der Waals surface area contributed by atoms with Gasteiger partial charge in [0.05, 0.1) is 12.6 Å². The predicted octanol–water partition coefficient (Wildman–Crippen LogP) is 2.99. The molecule has 0 aliphatic carbocycles. The Bertz CT molecular complexity index is 762. The third kappa shape index (κ3) is 4.68. The summed E-state index contributed by atoms with van der Waals surface area (Å²) in [4.78, 5) is 12.6. The van der Waals surface area contributed by atoms with Crippen LogP contribution in [0, 0.1) is 5.82 Å². The van der Waals surface area contributed by atoms with Crippen LogP contribution in [0.1, 0.15) is 27.7 Å². The molecule has 3 aliphatic heterocycles. The first-order chi connectivity index (χ1) is 13.6. The molecule has 3 aliphatic rings. The molecule has 29 heavy (non-hydrogen) atoms. The van der Waals surface area contributed by atoms with E-state index in [9.17, 15) is 9.18 Å². The number of fused-ring (bicyclic) bond motifs is 1. The van der Waals surface area contributed by atoms with Crippen LogP contribution in [0.2, 0.25) is 0 Å². The molecule has 2 N–H and O–H groups in total. The van der Waals surface area contributed by atoms with Gasteiger partial charge in [-0.2, -0.15) is 0 Å². The fourth-order valence-corrected chi connectivity index (χ4v) is 4.22. The van der Waals surface area contributed by atoms with Crippen LogP contribution in [-0.2, 0) is 23.7 Å². The van der Waals surface area contributed by atoms with Crippen LogP contribution in [0.15, 0.2) is 24.3 Å². The molecule has 0 saturated carbocycles. The summed E-state index contributed by atoms with van der Waals surface area (Å²) in [5.74, 6) is -1.88. The molecule has 0 aromatic heterocycles. The maximum Gasteiger partial charge on any atom is 0.299 e. The number of carbonyl (C=O) groups excluding carboxylic acids is 1. The van der Waals surface area contributed by atoms with Gasteiger partial charge in [0.1, 0.15) is 24.1 Å². The number of hydrogen-bond acceptors (Lipinski definition) is 8. The summed E-state index contributed by atoms with van der Waals surface area (Å²) in [5.41, 5.74) is 0.611. The van der Waals surface area contributed by atoms with Crippen molar-refractivity contribution in [1.29, 1.82) is 0 Å². The molecule has 1 aromatic carbocycles. The largest absolute Gasteiger partial charge is 0.348 e. The smallest absolute Gasteiger partial charge is 0.299 e. The van der Waals surface area contributed by atoms with E-state index in [1.807, 2.05) is 13.8 Å². The lowest BCUT2D eigenvalue weighted by Gasteiger charge is -2.29. The van der Waals surface area contributed by atoms with E-state index in [1.54, 1.807) is 26.0 Å². The highest BCUT2D eigenvalue weighted by Crippen LogP contribution is 2.40. The Kier molecular flexibility index (Phi) is 5.51. The maximum absolute atomic E-state index is 13.0. The van der Waals surface area contributed by atoms with Crippen molar-refractivity contribution < 1.29 is 32.9 Å². The van der Waals surface area contributed by atoms with E-state index in [2.05, 4.69) is 10.0 Å². The number of benzene rings is 1. The Labute approximate surface area is 172 Å². The number of amides is 1. The second-order valence-corrected chi connectivity index (χ2v) is 8.88. The summed E-state index contributed by atoms with van der Waals surface area (Å²) in [6, 6.07) is 5.25. The van der Waals surface area contributed by atoms with Crippen LogP contribution in [0.25, 0.3) is 0 Å². The van der Waals surface area contributed by atoms with Gasteiger partial charge in [-0.05, 0) is 52.0 Å². The van der Waals surface area contributed by atoms with Crippen LogP contribution in [0.4, 0.5) is 14.9 Å². The lowest BCUT2D eigenvalue weighted by atomic mass is 10.0. The zero-order valence-corrected chi connectivity index (χ0v) is 17.5. The topological polar surface area (TPSA) is 87.3 Å². The molecule has 8 nitrogen and oxygen atoms in total. The van der Waals surface area contributed by atoms with Crippen molar-refractivity contribution in [2.75, 3.05) is 11.3 Å². The minimum Gasteiger partial charge on any atom is -0.348 e. The Hall–Kier alpha value is -1.43. The summed E-state index contributed by atoms with van der Waals surface area (Å²) < 4.78 is 45.3. The van der Waals surface area contributed by atoms with Gasteiger partial charge in [0.15, 0.2) is 17.9 Å². The summed E-state index contributed by atoms with van der Waals surface area (Å²) in [6.45, 7) is 7.59. The molecule has 3 fully saturated rings. The van der Waals surface area contributed by atoms with Crippen molar-refractivity contribution in [3.8, 4) is 0 Å². The van der Waals surface area contributed by atoms with Gasteiger partial charge < -0.3 is 33.7 Å². The molecular formula is C19H25FN2O6S. The first-order valence-corrected chi connectivity index (χ1v) is 10.3. The molecule has 5 atom stereocenters. The summed E-state index contributed by atoms with van der Waals surface area (Å²) >= 11 is 0.854. The monoisotopic (exact) mass is 428 g/mol. The van der Waals surface area contributed by atoms with Crippen molar-refractivity contribution in [3.63, 3.8) is 0 Å². The molecule has 4 rings (SSSR count). The lowest BCUT2D eigenvalue weighted by Crippen LogP contribution is -2.51. The molecule has 1 aromatic rings. The van der Waals surface area contributed by atoms with Crippen molar-refractivity contribution in [1.82, 2.24) is 5.32 Å². The standard InChI is InChI=1S/C19H25FN2O6S/c1-18(2)24-9-12(26-18)14-13(15-16(25-14)28-19(3,4)27-15)21-17(23)29-22-11-7-5-10(20)6-8-11/h5-8,12-16,22H,9H2,1-4H3,(H,21,23)/t12-,13-,14-,15-,16-/m1/s1. The van der Waals surface area contributed by atoms with E-state index in [-0.39, 0.29) is 17.2 Å². The Morgan fingerprint density at radius 1 is 1.07 bits per heavy atom. The fraction of sp³-hybridized carbons (Fsp3) is 0.632. The fourth-order valence-electron chi connectivity index (χ4n) is 3.68. The SMILES string of the molecule is CC1(C)O[C@H]2O[C@H]([C@H]3COC(C)(C)O3)[C@@H](NC(=O)SNc3ccc(F)cc3)[C@H]2O1. The zero-order valence-electron chi connectivity index (χ0n) is 16.6. The Morgan fingerprint density at radius 3 is 2.45 bits per heavy atom. The number of nitrogens with one attached hydrogen (secondary N) is 2. The number of halogens is 1. The van der Waals surface area contributed by atoms with Crippen LogP contribution in [0.3, 0.4) is 0 Å². The van der Waals surface area contributed by atoms with E-state index >= 15 is 0 Å². The second-order valence-electron chi connectivity index (χ2n) is 8.10. The third-order valence-corrected chi connectivity index (χ3v) is 5.52. The van der Waals surface area contributed by atoms with E-state index in [0.29, 0.717) is 12.3 Å². The molecular weight excluding hydrogens is 403 g/mol. The highest BCUT2D eigenvalue weighted by molar-refractivity contribution is 8.14. The van der Waals surface area contributed by atoms with Crippen molar-refractivity contribution in [3.05, 3.63) is 30.1 Å². The summed E-state index contributed by atoms with van der Waals surface area (Å²) in [5, 5.41) is 2.61. The molecule has 0 spiro atoms. The Balaban J connectivity index is 1.42. The molecule has 160 valence electrons. The zero-order chi connectivity index (χ0) is 20.8. The van der Waals surface area contributed by atoms with Crippen molar-refractivity contribution in [2.45, 2.75) is 69.9 Å². The van der Waals surface area contributed by atoms with E-state index in [0.717, 1.165) is 11.9 Å². The number of anilines is 1. The number of carbonyl (C=O) groups is 1. The van der Waals surface area contributed by atoms with Gasteiger partial charge in [-0.1, -0.05) is 0 Å². The van der Waals surface area contributed by atoms with Crippen molar-refractivity contribution in [2.24, 2.45) is 0 Å². The van der Waals surface area contributed by atoms with Gasteiger partial charge in [-0.15, -0.1) is 0 Å². The molecule has 1 amide bonds. The molecule has 0 unspecified atom stereocenters. The van der Waals surface area contributed by atoms with E-state index in [4.69, 9.17) is 23.7 Å². The number of rotatable bonds is 4. The average Bonchev–Trinajstić information content (AvgIpc) is 3.24. The minimum atomic E-state index is -0.810. The van der Waals surface area contributed by atoms with Crippen molar-refractivity contribution >= 4 is 22.9 Å². The van der Waals surface area contributed by atoms with Gasteiger partial charge in [0, 0.05) is 17.6 Å². The number of hydrogen-bond donors (Lipinski definition) is 2. The average molecular weight is 428 g/mol. The second kappa shape index (κ2) is 7.68. The minimum absolute atomic E-state index is 0.333. The molecule has 3 heterocycles. The maximum atomic E-state index is 13.0. The first kappa shape index (κ1) is 20.8. The highest BCUT2D eigenvalue weighted by Gasteiger charge is 2.58. The predicted molar refractivity (Wildman–Crippen MR) is 104 cm³/mol. The van der Waals surface area contributed by atoms with Gasteiger partial charge in [-0.3, -0.25) is 4.79 Å². The summed E-state index contributed by atoms with van der Waals surface area (Å²) in [6.07, 6.45) is -1.94. The van der Waals surface area contributed by atoms with Gasteiger partial charge in [-0.25, -0.2) is 4.39 Å². The van der Waals surface area contributed by atoms with Crippen LogP contribution >= 0.6 is 11.9 Å². The summed E-state index contributed by atoms with van der Waals surface area (Å²) in [7, 11) is 0. The third-order valence-electron chi connectivity index (χ3n) is 4.87. The van der Waals surface area contributed by atoms with E-state index < -0.39 is 36.1 Å². The Morgan fingerprint density at radius 2 is 1.79 bits per heavy atom. The van der Waals surface area contributed by atoms with Gasteiger partial charge in [0.25, 0.3) is 5.24 Å². The molecule has 0 bridgehead atoms. The molecule has 0 radical (unpaired) electrons. The number of ether oxygens (including phenoxy) is 5. The van der Waals surface area contributed by atoms with Crippen LogP contribution in [0.5, 0.6) is 0 Å². The molecule has 3 saturated heterocycles. The highest BCUT2D eigenvalue weighted by atomic mass is 32.2. The van der Waals surface area contributed by atoms with Crippen LogP contribution in [-0.4, -0.2) is 54.1 Å². The van der Waals surface area contributed by atoms with Gasteiger partial charge >= 0.3 is 0 Å². The van der Waals surface area contributed by atoms with Gasteiger partial charge in [0.2, 0.25) is 0 Å². The van der Waals surface area contributed by atoms with E-state index in [1.165, 1.54) is 12.1 Å². The van der Waals surface area contributed by atoms with Crippen LogP contribution < -0.4 is 10.0 Å². The first-order valence-electron chi connectivity index (χ1n) is 9.44. The normalized spacial score (nSPS) is 34.7. The lowest BCUT2D eigenvalue weighted by molar-refractivity contribution is -0.223. The quantitative estimate of drug-likeness (QED) is 0.708.